The molecular formula is C31H38N6O. The molecule has 7 heteroatoms. The van der Waals surface area contributed by atoms with Crippen molar-refractivity contribution in [2.45, 2.75) is 90.1 Å². The summed E-state index contributed by atoms with van der Waals surface area (Å²) < 4.78 is 4.60. The molecule has 2 aliphatic rings. The van der Waals surface area contributed by atoms with Crippen LogP contribution in [0.2, 0.25) is 0 Å². The van der Waals surface area contributed by atoms with Crippen molar-refractivity contribution in [1.29, 1.82) is 0 Å². The maximum atomic E-state index is 13.8. The van der Waals surface area contributed by atoms with Crippen molar-refractivity contribution in [1.82, 2.24) is 30.0 Å². The molecule has 2 aromatic carbocycles. The number of tetrazole rings is 1. The van der Waals surface area contributed by atoms with E-state index in [4.69, 9.17) is 0 Å². The lowest BCUT2D eigenvalue weighted by atomic mass is 9.81. The fourth-order valence-electron chi connectivity index (χ4n) is 6.78. The average molecular weight is 511 g/mol. The SMILES string of the molecule is CCCCc1c(Cc2ccc(-c3ccccc3-c3nn[nH]n3)cc2)c(=O)n2n1C(C1CCCCC1)CCC2. The van der Waals surface area contributed by atoms with Gasteiger partial charge in [-0.1, -0.05) is 81.1 Å². The van der Waals surface area contributed by atoms with Crippen molar-refractivity contribution in [2.75, 3.05) is 0 Å². The lowest BCUT2D eigenvalue weighted by Gasteiger charge is -2.37. The van der Waals surface area contributed by atoms with Crippen LogP contribution in [0, 0.1) is 5.92 Å². The van der Waals surface area contributed by atoms with E-state index in [0.29, 0.717) is 24.2 Å². The van der Waals surface area contributed by atoms with Gasteiger partial charge in [-0.15, -0.1) is 10.2 Å². The molecule has 0 saturated heterocycles. The fraction of sp³-hybridized carbons (Fsp3) is 0.484. The Morgan fingerprint density at radius 1 is 0.947 bits per heavy atom. The smallest absolute Gasteiger partial charge is 0.270 e. The summed E-state index contributed by atoms with van der Waals surface area (Å²) >= 11 is 0. The molecule has 0 amide bonds. The quantitative estimate of drug-likeness (QED) is 0.300. The molecule has 0 bridgehead atoms. The lowest BCUT2D eigenvalue weighted by Crippen LogP contribution is -2.35. The van der Waals surface area contributed by atoms with Crippen LogP contribution < -0.4 is 5.56 Å². The Kier molecular flexibility index (Phi) is 7.25. The van der Waals surface area contributed by atoms with Gasteiger partial charge in [0.05, 0.1) is 6.04 Å². The van der Waals surface area contributed by atoms with Crippen LogP contribution in [0.4, 0.5) is 0 Å². The van der Waals surface area contributed by atoms with E-state index in [1.807, 2.05) is 18.2 Å². The summed E-state index contributed by atoms with van der Waals surface area (Å²) in [6.45, 7) is 3.10. The Morgan fingerprint density at radius 2 is 1.74 bits per heavy atom. The van der Waals surface area contributed by atoms with Gasteiger partial charge in [0.25, 0.3) is 5.56 Å². The average Bonchev–Trinajstić information content (AvgIpc) is 3.60. The molecule has 1 unspecified atom stereocenters. The summed E-state index contributed by atoms with van der Waals surface area (Å²) in [6, 6.07) is 17.3. The van der Waals surface area contributed by atoms with Crippen LogP contribution in [0.1, 0.15) is 87.6 Å². The molecule has 198 valence electrons. The number of fused-ring (bicyclic) bond motifs is 1. The van der Waals surface area contributed by atoms with Crippen molar-refractivity contribution >= 4 is 0 Å². The van der Waals surface area contributed by atoms with E-state index in [9.17, 15) is 4.79 Å². The number of hydrogen-bond acceptors (Lipinski definition) is 4. The second kappa shape index (κ2) is 11.1. The van der Waals surface area contributed by atoms with Gasteiger partial charge in [-0.05, 0) is 66.3 Å². The summed E-state index contributed by atoms with van der Waals surface area (Å²) in [6.07, 6.45) is 12.9. The maximum Gasteiger partial charge on any atom is 0.270 e. The minimum Gasteiger partial charge on any atom is -0.283 e. The molecular weight excluding hydrogens is 472 g/mol. The number of aromatic amines is 1. The fourth-order valence-corrected chi connectivity index (χ4v) is 6.78. The van der Waals surface area contributed by atoms with Crippen molar-refractivity contribution in [3.63, 3.8) is 0 Å². The molecule has 1 saturated carbocycles. The van der Waals surface area contributed by atoms with E-state index in [1.165, 1.54) is 49.8 Å². The Morgan fingerprint density at radius 3 is 2.47 bits per heavy atom. The van der Waals surface area contributed by atoms with Gasteiger partial charge >= 0.3 is 0 Å². The van der Waals surface area contributed by atoms with Gasteiger partial charge in [-0.3, -0.25) is 9.48 Å². The predicted molar refractivity (Wildman–Crippen MR) is 150 cm³/mol. The number of nitrogens with zero attached hydrogens (tertiary/aromatic N) is 5. The highest BCUT2D eigenvalue weighted by Crippen LogP contribution is 2.39. The minimum absolute atomic E-state index is 0.239. The summed E-state index contributed by atoms with van der Waals surface area (Å²) in [4.78, 5) is 13.8. The van der Waals surface area contributed by atoms with Crippen molar-refractivity contribution in [3.8, 4) is 22.5 Å². The summed E-state index contributed by atoms with van der Waals surface area (Å²) in [5.74, 6) is 1.30. The Bertz CT molecular complexity index is 1410. The van der Waals surface area contributed by atoms with Crippen LogP contribution in [-0.2, 0) is 19.4 Å². The molecule has 6 rings (SSSR count). The van der Waals surface area contributed by atoms with E-state index in [2.05, 4.69) is 67.2 Å². The van der Waals surface area contributed by atoms with Gasteiger partial charge in [0.15, 0.2) is 0 Å². The van der Waals surface area contributed by atoms with Crippen LogP contribution in [0.5, 0.6) is 0 Å². The van der Waals surface area contributed by atoms with Gasteiger partial charge in [0.2, 0.25) is 5.82 Å². The Labute approximate surface area is 224 Å². The maximum absolute atomic E-state index is 13.8. The highest BCUT2D eigenvalue weighted by atomic mass is 16.1. The topological polar surface area (TPSA) is 81.4 Å². The van der Waals surface area contributed by atoms with Gasteiger partial charge in [-0.25, -0.2) is 4.68 Å². The highest BCUT2D eigenvalue weighted by molar-refractivity contribution is 5.80. The molecule has 1 aliphatic heterocycles. The molecule has 3 heterocycles. The van der Waals surface area contributed by atoms with E-state index in [1.54, 1.807) is 0 Å². The van der Waals surface area contributed by atoms with Crippen LogP contribution in [-0.4, -0.2) is 30.0 Å². The second-order valence-electron chi connectivity index (χ2n) is 11.1. The zero-order valence-corrected chi connectivity index (χ0v) is 22.4. The second-order valence-corrected chi connectivity index (χ2v) is 11.1. The predicted octanol–water partition coefficient (Wildman–Crippen LogP) is 6.35. The Hall–Kier alpha value is -3.48. The van der Waals surface area contributed by atoms with Crippen molar-refractivity contribution in [3.05, 3.63) is 75.7 Å². The van der Waals surface area contributed by atoms with E-state index in [-0.39, 0.29) is 5.56 Å². The monoisotopic (exact) mass is 510 g/mol. The normalized spacial score (nSPS) is 18.0. The first-order valence-electron chi connectivity index (χ1n) is 14.5. The molecule has 38 heavy (non-hydrogen) atoms. The van der Waals surface area contributed by atoms with Crippen LogP contribution in [0.25, 0.3) is 22.5 Å². The first kappa shape index (κ1) is 24.8. The number of nitrogens with one attached hydrogen (secondary N) is 1. The van der Waals surface area contributed by atoms with Gasteiger partial charge in [-0.2, -0.15) is 5.21 Å². The third kappa shape index (κ3) is 4.74. The molecule has 1 aliphatic carbocycles. The Balaban J connectivity index is 1.33. The molecule has 7 nitrogen and oxygen atoms in total. The number of aromatic nitrogens is 6. The standard InChI is InChI=1S/C31H38N6O/c1-2-3-14-29-27(31(38)36-20-9-15-28(37(29)36)24-10-5-4-6-11-24)21-22-16-18-23(19-17-22)25-12-7-8-13-26(25)30-32-34-35-33-30/h7-8,12-13,16-19,24,28H,2-6,9-11,14-15,20-21H2,1H3,(H,32,33,34,35). The number of unbranched alkanes of at least 4 members (excludes halogenated alkanes) is 1. The molecule has 1 N–H and O–H groups in total. The first-order valence-corrected chi connectivity index (χ1v) is 14.5. The van der Waals surface area contributed by atoms with Gasteiger partial charge in [0.1, 0.15) is 0 Å². The molecule has 1 atom stereocenters. The zero-order valence-electron chi connectivity index (χ0n) is 22.4. The molecule has 1 fully saturated rings. The number of H-pyrrole nitrogens is 1. The van der Waals surface area contributed by atoms with E-state index >= 15 is 0 Å². The van der Waals surface area contributed by atoms with Crippen LogP contribution in [0.3, 0.4) is 0 Å². The van der Waals surface area contributed by atoms with Gasteiger partial charge in [0, 0.05) is 29.8 Å². The van der Waals surface area contributed by atoms with E-state index in [0.717, 1.165) is 54.5 Å². The summed E-state index contributed by atoms with van der Waals surface area (Å²) in [5.41, 5.74) is 6.86. The van der Waals surface area contributed by atoms with E-state index < -0.39 is 0 Å². The largest absolute Gasteiger partial charge is 0.283 e. The number of rotatable bonds is 8. The number of benzene rings is 2. The third-order valence-corrected chi connectivity index (χ3v) is 8.68. The molecule has 4 aromatic rings. The van der Waals surface area contributed by atoms with Crippen LogP contribution in [0.15, 0.2) is 53.3 Å². The molecule has 2 aromatic heterocycles. The molecule has 0 radical (unpaired) electrons. The summed E-state index contributed by atoms with van der Waals surface area (Å²) in [7, 11) is 0. The van der Waals surface area contributed by atoms with Crippen molar-refractivity contribution in [2.24, 2.45) is 5.92 Å². The first-order chi connectivity index (χ1) is 18.7. The molecule has 0 spiro atoms. The third-order valence-electron chi connectivity index (χ3n) is 8.68. The summed E-state index contributed by atoms with van der Waals surface area (Å²) in [5, 5.41) is 14.6. The van der Waals surface area contributed by atoms with Gasteiger partial charge < -0.3 is 0 Å². The number of hydrogen-bond donors (Lipinski definition) is 1. The van der Waals surface area contributed by atoms with Crippen molar-refractivity contribution < 1.29 is 0 Å². The highest BCUT2D eigenvalue weighted by Gasteiger charge is 2.33. The van der Waals surface area contributed by atoms with Crippen LogP contribution >= 0.6 is 0 Å². The minimum atomic E-state index is 0.239. The zero-order chi connectivity index (χ0) is 25.9. The lowest BCUT2D eigenvalue weighted by molar-refractivity contribution is 0.164.